The molecule has 9 heteroatoms. The Morgan fingerprint density at radius 1 is 1.18 bits per heavy atom. The summed E-state index contributed by atoms with van der Waals surface area (Å²) in [5, 5.41) is 12.5. The van der Waals surface area contributed by atoms with Crippen LogP contribution in [-0.4, -0.2) is 45.9 Å². The Kier molecular flexibility index (Phi) is 5.94. The third-order valence-electron chi connectivity index (χ3n) is 4.40. The molecule has 3 aromatic heterocycles. The Balaban J connectivity index is 1.37. The molecule has 28 heavy (non-hydrogen) atoms. The number of aryl methyl sites for hydroxylation is 1. The molecule has 4 rings (SSSR count). The van der Waals surface area contributed by atoms with Gasteiger partial charge in [-0.2, -0.15) is 0 Å². The van der Waals surface area contributed by atoms with E-state index >= 15 is 0 Å². The first-order valence-electron chi connectivity index (χ1n) is 9.22. The van der Waals surface area contributed by atoms with Gasteiger partial charge in [-0.3, -0.25) is 14.9 Å². The molecule has 0 unspecified atom stereocenters. The second-order valence-corrected chi connectivity index (χ2v) is 8.52. The predicted molar refractivity (Wildman–Crippen MR) is 116 cm³/mol. The number of guanidine groups is 1. The Bertz CT molecular complexity index is 963. The fourth-order valence-corrected chi connectivity index (χ4v) is 4.50. The van der Waals surface area contributed by atoms with Crippen molar-refractivity contribution in [3.05, 3.63) is 45.4 Å². The van der Waals surface area contributed by atoms with Crippen molar-refractivity contribution >= 4 is 33.8 Å². The Labute approximate surface area is 172 Å². The molecule has 0 aliphatic carbocycles. The fraction of sp³-hybridized carbons (Fsp3) is 0.368. The maximum Gasteiger partial charge on any atom is 0.197 e. The van der Waals surface area contributed by atoms with E-state index in [1.165, 1.54) is 5.56 Å². The molecule has 0 saturated carbocycles. The van der Waals surface area contributed by atoms with Crippen molar-refractivity contribution in [2.75, 3.05) is 25.5 Å². The smallest absolute Gasteiger partial charge is 0.197 e. The number of aromatic nitrogens is 3. The van der Waals surface area contributed by atoms with Crippen molar-refractivity contribution in [2.24, 2.45) is 4.99 Å². The van der Waals surface area contributed by atoms with E-state index in [0.29, 0.717) is 0 Å². The average molecular weight is 414 g/mol. The summed E-state index contributed by atoms with van der Waals surface area (Å²) < 4.78 is 0. The zero-order valence-corrected chi connectivity index (χ0v) is 17.6. The lowest BCUT2D eigenvalue weighted by molar-refractivity contribution is 0.317. The summed E-state index contributed by atoms with van der Waals surface area (Å²) in [5.41, 5.74) is 4.15. The summed E-state index contributed by atoms with van der Waals surface area (Å²) in [6.45, 7) is 5.51. The topological polar surface area (TPSA) is 78.3 Å². The van der Waals surface area contributed by atoms with Crippen LogP contribution < -0.4 is 10.6 Å². The zero-order chi connectivity index (χ0) is 19.3. The highest BCUT2D eigenvalue weighted by Gasteiger charge is 2.13. The van der Waals surface area contributed by atoms with E-state index in [2.05, 4.69) is 49.0 Å². The minimum Gasteiger partial charge on any atom is -0.356 e. The van der Waals surface area contributed by atoms with Gasteiger partial charge in [0, 0.05) is 42.3 Å². The minimum atomic E-state index is 0.801. The van der Waals surface area contributed by atoms with Crippen LogP contribution in [0.15, 0.2) is 34.1 Å². The molecular formula is C19H23N7S2. The van der Waals surface area contributed by atoms with Gasteiger partial charge in [0.15, 0.2) is 11.1 Å². The van der Waals surface area contributed by atoms with E-state index in [1.54, 1.807) is 22.7 Å². The molecule has 0 amide bonds. The third kappa shape index (κ3) is 4.73. The summed E-state index contributed by atoms with van der Waals surface area (Å²) in [7, 11) is 2.11. The van der Waals surface area contributed by atoms with Crippen molar-refractivity contribution in [1.82, 2.24) is 25.2 Å². The number of rotatable bonds is 6. The Hall–Kier alpha value is -2.36. The number of hydrogen-bond donors (Lipinski definition) is 2. The number of aliphatic imine (C=N–C) groups is 1. The molecular weight excluding hydrogens is 390 g/mol. The number of anilines is 1. The first-order valence-corrected chi connectivity index (χ1v) is 11.0. The summed E-state index contributed by atoms with van der Waals surface area (Å²) in [5.74, 6) is 0.804. The summed E-state index contributed by atoms with van der Waals surface area (Å²) in [6, 6.07) is 4.11. The van der Waals surface area contributed by atoms with Crippen LogP contribution in [0.4, 0.5) is 5.13 Å². The molecule has 0 fully saturated rings. The van der Waals surface area contributed by atoms with Crippen LogP contribution in [0.3, 0.4) is 0 Å². The van der Waals surface area contributed by atoms with Crippen LogP contribution in [0.1, 0.15) is 22.7 Å². The van der Waals surface area contributed by atoms with Gasteiger partial charge in [0.1, 0.15) is 16.4 Å². The van der Waals surface area contributed by atoms with Gasteiger partial charge in [-0.15, -0.1) is 22.7 Å². The molecule has 0 atom stereocenters. The molecule has 2 N–H and O–H groups in total. The molecule has 7 nitrogen and oxygen atoms in total. The van der Waals surface area contributed by atoms with Gasteiger partial charge < -0.3 is 10.6 Å². The van der Waals surface area contributed by atoms with Gasteiger partial charge in [0.05, 0.1) is 6.54 Å². The number of pyridine rings is 1. The third-order valence-corrected chi connectivity index (χ3v) is 5.99. The standard InChI is InChI=1S/C19H23N7S2/c1-13-14(5-3-6-20-13)9-26(2)10-17-23-15(11-27-17)16-12-28-19(24-16)25-18-21-7-4-8-22-18/h3,5-6,11-12H,4,7-10H2,1-2H3,(H2,21,22,24,25). The van der Waals surface area contributed by atoms with Gasteiger partial charge in [0.2, 0.25) is 0 Å². The second kappa shape index (κ2) is 8.76. The van der Waals surface area contributed by atoms with Gasteiger partial charge in [-0.25, -0.2) is 9.97 Å². The maximum atomic E-state index is 4.78. The first kappa shape index (κ1) is 19.0. The van der Waals surface area contributed by atoms with Gasteiger partial charge in [-0.05, 0) is 32.0 Å². The van der Waals surface area contributed by atoms with Crippen LogP contribution in [0.25, 0.3) is 11.4 Å². The highest BCUT2D eigenvalue weighted by Crippen LogP contribution is 2.27. The van der Waals surface area contributed by atoms with Crippen molar-refractivity contribution < 1.29 is 0 Å². The van der Waals surface area contributed by atoms with Crippen molar-refractivity contribution in [3.63, 3.8) is 0 Å². The average Bonchev–Trinajstić information content (AvgIpc) is 3.34. The van der Waals surface area contributed by atoms with E-state index in [-0.39, 0.29) is 0 Å². The number of hydrogen-bond acceptors (Lipinski definition) is 9. The summed E-state index contributed by atoms with van der Waals surface area (Å²) in [6.07, 6.45) is 2.91. The summed E-state index contributed by atoms with van der Waals surface area (Å²) >= 11 is 3.24. The van der Waals surface area contributed by atoms with E-state index < -0.39 is 0 Å². The number of thiazole rings is 2. The van der Waals surface area contributed by atoms with Gasteiger partial charge >= 0.3 is 0 Å². The SMILES string of the molecule is Cc1ncccc1CN(C)Cc1nc(-c2csc(NC3=NCCCN3)n2)cs1. The normalized spacial score (nSPS) is 14.0. The molecule has 0 spiro atoms. The number of nitrogens with one attached hydrogen (secondary N) is 2. The molecule has 0 saturated heterocycles. The quantitative estimate of drug-likeness (QED) is 0.645. The highest BCUT2D eigenvalue weighted by atomic mass is 32.1. The minimum absolute atomic E-state index is 0.801. The fourth-order valence-electron chi connectivity index (χ4n) is 2.93. The molecule has 1 aliphatic rings. The van der Waals surface area contributed by atoms with Gasteiger partial charge in [0.25, 0.3) is 0 Å². The van der Waals surface area contributed by atoms with Crippen LogP contribution in [0.2, 0.25) is 0 Å². The van der Waals surface area contributed by atoms with Crippen molar-refractivity contribution in [2.45, 2.75) is 26.4 Å². The maximum absolute atomic E-state index is 4.78. The monoisotopic (exact) mass is 413 g/mol. The van der Waals surface area contributed by atoms with Crippen LogP contribution in [0.5, 0.6) is 0 Å². The van der Waals surface area contributed by atoms with Crippen LogP contribution in [0, 0.1) is 6.92 Å². The van der Waals surface area contributed by atoms with E-state index in [1.807, 2.05) is 24.6 Å². The number of nitrogens with zero attached hydrogens (tertiary/aromatic N) is 5. The molecule has 1 aliphatic heterocycles. The molecule has 0 bridgehead atoms. The van der Waals surface area contributed by atoms with E-state index in [9.17, 15) is 0 Å². The van der Waals surface area contributed by atoms with Crippen LogP contribution >= 0.6 is 22.7 Å². The lowest BCUT2D eigenvalue weighted by atomic mass is 10.2. The highest BCUT2D eigenvalue weighted by molar-refractivity contribution is 7.14. The van der Waals surface area contributed by atoms with Crippen molar-refractivity contribution in [1.29, 1.82) is 0 Å². The van der Waals surface area contributed by atoms with E-state index in [0.717, 1.165) is 65.8 Å². The Morgan fingerprint density at radius 3 is 2.86 bits per heavy atom. The molecule has 0 radical (unpaired) electrons. The van der Waals surface area contributed by atoms with Crippen LogP contribution in [-0.2, 0) is 13.1 Å². The molecule has 3 aromatic rings. The molecule has 0 aromatic carbocycles. The predicted octanol–water partition coefficient (Wildman–Crippen LogP) is 3.36. The van der Waals surface area contributed by atoms with E-state index in [4.69, 9.17) is 4.98 Å². The molecule has 146 valence electrons. The zero-order valence-electron chi connectivity index (χ0n) is 16.0. The molecule has 4 heterocycles. The lowest BCUT2D eigenvalue weighted by Gasteiger charge is -2.16. The Morgan fingerprint density at radius 2 is 2.04 bits per heavy atom. The first-order chi connectivity index (χ1) is 13.7. The summed E-state index contributed by atoms with van der Waals surface area (Å²) in [4.78, 5) is 20.5. The second-order valence-electron chi connectivity index (χ2n) is 6.72. The van der Waals surface area contributed by atoms with Crippen molar-refractivity contribution in [3.8, 4) is 11.4 Å². The largest absolute Gasteiger partial charge is 0.356 e. The lowest BCUT2D eigenvalue weighted by Crippen LogP contribution is -2.35. The van der Waals surface area contributed by atoms with Gasteiger partial charge in [-0.1, -0.05) is 6.07 Å².